The van der Waals surface area contributed by atoms with Crippen molar-refractivity contribution in [3.8, 4) is 0 Å². The quantitative estimate of drug-likeness (QED) is 0.873. The number of carboxylic acid groups (broad SMARTS) is 1. The molecule has 1 fully saturated rings. The fourth-order valence-electron chi connectivity index (χ4n) is 3.13. The summed E-state index contributed by atoms with van der Waals surface area (Å²) in [6.07, 6.45) is 3.45. The van der Waals surface area contributed by atoms with Gasteiger partial charge in [-0.25, -0.2) is 4.79 Å². The highest BCUT2D eigenvalue weighted by Gasteiger charge is 2.43. The number of carbonyl (C=O) groups excluding carboxylic acids is 1. The predicted octanol–water partition coefficient (Wildman–Crippen LogP) is 2.59. The van der Waals surface area contributed by atoms with E-state index >= 15 is 0 Å². The van der Waals surface area contributed by atoms with E-state index in [-0.39, 0.29) is 18.0 Å². The number of aryl methyl sites for hydroxylation is 1. The van der Waals surface area contributed by atoms with Gasteiger partial charge in [-0.15, -0.1) is 0 Å². The number of carbonyl (C=O) groups is 2. The molecule has 1 N–H and O–H groups in total. The first-order valence-corrected chi connectivity index (χ1v) is 7.62. The molecule has 0 radical (unpaired) electrons. The Labute approximate surface area is 130 Å². The number of rotatable bonds is 6. The van der Waals surface area contributed by atoms with E-state index in [2.05, 4.69) is 0 Å². The van der Waals surface area contributed by atoms with E-state index in [4.69, 9.17) is 14.3 Å². The Bertz CT molecular complexity index is 557. The minimum Gasteiger partial charge on any atom is -0.478 e. The van der Waals surface area contributed by atoms with Crippen LogP contribution in [0.4, 0.5) is 0 Å². The second-order valence-electron chi connectivity index (χ2n) is 5.78. The summed E-state index contributed by atoms with van der Waals surface area (Å²) in [5.74, 6) is -0.264. The molecule has 22 heavy (non-hydrogen) atoms. The lowest BCUT2D eigenvalue weighted by molar-refractivity contribution is -0.157. The number of likely N-dealkylation sites (N-methyl/N-ethyl adjacent to an activating group) is 1. The van der Waals surface area contributed by atoms with Crippen molar-refractivity contribution in [2.45, 2.75) is 51.7 Å². The molecule has 122 valence electrons. The molecule has 6 nitrogen and oxygen atoms in total. The number of hydrogen-bond acceptors (Lipinski definition) is 4. The summed E-state index contributed by atoms with van der Waals surface area (Å²) in [4.78, 5) is 25.3. The number of nitrogens with zero attached hydrogens (tertiary/aromatic N) is 1. The first kappa shape index (κ1) is 16.5. The van der Waals surface area contributed by atoms with Crippen LogP contribution in [0.1, 0.15) is 54.5 Å². The molecule has 0 bridgehead atoms. The average molecular weight is 309 g/mol. The molecular formula is C16H23NO5. The van der Waals surface area contributed by atoms with E-state index < -0.39 is 11.6 Å². The summed E-state index contributed by atoms with van der Waals surface area (Å²) in [5.41, 5.74) is -0.586. The van der Waals surface area contributed by atoms with Crippen LogP contribution in [0.25, 0.3) is 0 Å². The SMILES string of the molecule is CCOC1(C(=O)N(C)Cc2cc(C(=O)O)c(C)o2)CCCC1. The van der Waals surface area contributed by atoms with E-state index in [0.29, 0.717) is 18.1 Å². The van der Waals surface area contributed by atoms with Crippen LogP contribution in [-0.2, 0) is 16.1 Å². The fraction of sp³-hybridized carbons (Fsp3) is 0.625. The normalized spacial score (nSPS) is 16.7. The van der Waals surface area contributed by atoms with Crippen LogP contribution in [0, 0.1) is 6.92 Å². The third kappa shape index (κ3) is 3.16. The first-order chi connectivity index (χ1) is 10.4. The van der Waals surface area contributed by atoms with E-state index in [1.54, 1.807) is 18.9 Å². The molecule has 0 atom stereocenters. The molecule has 1 saturated carbocycles. The fourth-order valence-corrected chi connectivity index (χ4v) is 3.13. The first-order valence-electron chi connectivity index (χ1n) is 7.62. The van der Waals surface area contributed by atoms with Gasteiger partial charge < -0.3 is 19.2 Å². The van der Waals surface area contributed by atoms with Crippen LogP contribution < -0.4 is 0 Å². The Morgan fingerprint density at radius 1 is 1.41 bits per heavy atom. The van der Waals surface area contributed by atoms with Crippen LogP contribution in [0.2, 0.25) is 0 Å². The van der Waals surface area contributed by atoms with Crippen LogP contribution in [-0.4, -0.2) is 41.1 Å². The number of carboxylic acids is 1. The minimum atomic E-state index is -1.02. The minimum absolute atomic E-state index is 0.0576. The number of furan rings is 1. The topological polar surface area (TPSA) is 80.0 Å². The van der Waals surface area contributed by atoms with Crippen LogP contribution in [0.3, 0.4) is 0 Å². The maximum Gasteiger partial charge on any atom is 0.339 e. The van der Waals surface area contributed by atoms with Crippen molar-refractivity contribution in [3.05, 3.63) is 23.2 Å². The van der Waals surface area contributed by atoms with Crippen molar-refractivity contribution in [1.82, 2.24) is 4.90 Å². The van der Waals surface area contributed by atoms with Gasteiger partial charge >= 0.3 is 5.97 Å². The Hall–Kier alpha value is -1.82. The number of hydrogen-bond donors (Lipinski definition) is 1. The lowest BCUT2D eigenvalue weighted by Gasteiger charge is -2.31. The number of ether oxygens (including phenoxy) is 1. The zero-order chi connectivity index (χ0) is 16.3. The van der Waals surface area contributed by atoms with Crippen molar-refractivity contribution in [2.24, 2.45) is 0 Å². The molecule has 6 heteroatoms. The zero-order valence-electron chi connectivity index (χ0n) is 13.3. The lowest BCUT2D eigenvalue weighted by Crippen LogP contribution is -2.47. The molecular weight excluding hydrogens is 286 g/mol. The van der Waals surface area contributed by atoms with Gasteiger partial charge in [-0.05, 0) is 45.6 Å². The predicted molar refractivity (Wildman–Crippen MR) is 79.7 cm³/mol. The molecule has 0 saturated heterocycles. The number of amides is 1. The van der Waals surface area contributed by atoms with Gasteiger partial charge in [0.1, 0.15) is 22.7 Å². The van der Waals surface area contributed by atoms with Crippen LogP contribution in [0.5, 0.6) is 0 Å². The van der Waals surface area contributed by atoms with Crippen LogP contribution in [0.15, 0.2) is 10.5 Å². The molecule has 0 spiro atoms. The summed E-state index contributed by atoms with van der Waals surface area (Å²) in [5, 5.41) is 9.05. The zero-order valence-corrected chi connectivity index (χ0v) is 13.3. The van der Waals surface area contributed by atoms with Crippen LogP contribution >= 0.6 is 0 Å². The standard InChI is InChI=1S/C16H23NO5/c1-4-21-16(7-5-6-8-16)15(20)17(3)10-12-9-13(14(18)19)11(2)22-12/h9H,4-8,10H2,1-3H3,(H,18,19). The summed E-state index contributed by atoms with van der Waals surface area (Å²) in [7, 11) is 1.69. The molecule has 1 heterocycles. The molecule has 1 aliphatic carbocycles. The molecule has 0 unspecified atom stereocenters. The van der Waals surface area contributed by atoms with Gasteiger partial charge in [0.05, 0.1) is 6.54 Å². The Balaban J connectivity index is 2.10. The maximum absolute atomic E-state index is 12.7. The van der Waals surface area contributed by atoms with E-state index in [1.807, 2.05) is 6.92 Å². The monoisotopic (exact) mass is 309 g/mol. The Kier molecular flexibility index (Phi) is 4.90. The molecule has 2 rings (SSSR count). The highest BCUT2D eigenvalue weighted by atomic mass is 16.5. The Morgan fingerprint density at radius 2 is 2.05 bits per heavy atom. The van der Waals surface area contributed by atoms with Gasteiger partial charge in [0.15, 0.2) is 0 Å². The van der Waals surface area contributed by atoms with Gasteiger partial charge in [0.2, 0.25) is 0 Å². The van der Waals surface area contributed by atoms with Crippen molar-refractivity contribution in [1.29, 1.82) is 0 Å². The van der Waals surface area contributed by atoms with Gasteiger partial charge in [-0.2, -0.15) is 0 Å². The second-order valence-corrected chi connectivity index (χ2v) is 5.78. The third-order valence-corrected chi connectivity index (χ3v) is 4.16. The maximum atomic E-state index is 12.7. The van der Waals surface area contributed by atoms with E-state index in [0.717, 1.165) is 25.7 Å². The average Bonchev–Trinajstić information content (AvgIpc) is 3.06. The molecule has 0 aliphatic heterocycles. The Morgan fingerprint density at radius 3 is 2.55 bits per heavy atom. The molecule has 1 aliphatic rings. The van der Waals surface area contributed by atoms with Crippen molar-refractivity contribution < 1.29 is 23.8 Å². The smallest absolute Gasteiger partial charge is 0.339 e. The molecule has 1 aromatic rings. The van der Waals surface area contributed by atoms with Gasteiger partial charge in [0.25, 0.3) is 5.91 Å². The van der Waals surface area contributed by atoms with Crippen molar-refractivity contribution >= 4 is 11.9 Å². The van der Waals surface area contributed by atoms with E-state index in [9.17, 15) is 9.59 Å². The summed E-state index contributed by atoms with van der Waals surface area (Å²) in [6, 6.07) is 1.48. The summed E-state index contributed by atoms with van der Waals surface area (Å²) < 4.78 is 11.2. The third-order valence-electron chi connectivity index (χ3n) is 4.16. The van der Waals surface area contributed by atoms with Gasteiger partial charge in [-0.1, -0.05) is 0 Å². The molecule has 1 aromatic heterocycles. The number of aromatic carboxylic acids is 1. The van der Waals surface area contributed by atoms with Gasteiger partial charge in [-0.3, -0.25) is 4.79 Å². The molecule has 1 amide bonds. The van der Waals surface area contributed by atoms with E-state index in [1.165, 1.54) is 6.07 Å². The molecule has 0 aromatic carbocycles. The highest BCUT2D eigenvalue weighted by Crippen LogP contribution is 2.35. The second kappa shape index (κ2) is 6.52. The summed E-state index contributed by atoms with van der Waals surface area (Å²) >= 11 is 0. The largest absolute Gasteiger partial charge is 0.478 e. The van der Waals surface area contributed by atoms with Crippen molar-refractivity contribution in [2.75, 3.05) is 13.7 Å². The lowest BCUT2D eigenvalue weighted by atomic mass is 10.00. The highest BCUT2D eigenvalue weighted by molar-refractivity contribution is 5.89. The summed E-state index contributed by atoms with van der Waals surface area (Å²) in [6.45, 7) is 4.24. The van der Waals surface area contributed by atoms with Gasteiger partial charge in [0, 0.05) is 13.7 Å². The van der Waals surface area contributed by atoms with Crippen molar-refractivity contribution in [3.63, 3.8) is 0 Å².